The Kier molecular flexibility index (Phi) is 5.12. The van der Waals surface area contributed by atoms with Gasteiger partial charge in [-0.15, -0.1) is 0 Å². The first-order valence-corrected chi connectivity index (χ1v) is 6.97. The third kappa shape index (κ3) is 4.14. The zero-order valence-corrected chi connectivity index (χ0v) is 12.5. The number of hydrogen-bond acceptors (Lipinski definition) is 5. The van der Waals surface area contributed by atoms with Gasteiger partial charge in [0.05, 0.1) is 26.0 Å². The van der Waals surface area contributed by atoms with Crippen LogP contribution in [0.3, 0.4) is 0 Å². The van der Waals surface area contributed by atoms with Gasteiger partial charge in [0.1, 0.15) is 0 Å². The summed E-state index contributed by atoms with van der Waals surface area (Å²) in [4.78, 5) is 6.26. The van der Waals surface area contributed by atoms with E-state index in [9.17, 15) is 10.2 Å². The summed E-state index contributed by atoms with van der Waals surface area (Å²) in [6, 6.07) is 9.82. The van der Waals surface area contributed by atoms with E-state index in [4.69, 9.17) is 4.42 Å². The van der Waals surface area contributed by atoms with Gasteiger partial charge in [0.2, 0.25) is 5.89 Å². The second kappa shape index (κ2) is 6.85. The molecule has 2 rings (SSSR count). The van der Waals surface area contributed by atoms with Crippen LogP contribution in [0.2, 0.25) is 0 Å². The topological polar surface area (TPSA) is 69.7 Å². The van der Waals surface area contributed by atoms with Crippen LogP contribution in [-0.2, 0) is 6.54 Å². The first-order valence-electron chi connectivity index (χ1n) is 6.97. The summed E-state index contributed by atoms with van der Waals surface area (Å²) >= 11 is 0. The van der Waals surface area contributed by atoms with E-state index in [0.29, 0.717) is 19.0 Å². The van der Waals surface area contributed by atoms with Crippen LogP contribution in [0.15, 0.2) is 40.9 Å². The lowest BCUT2D eigenvalue weighted by molar-refractivity contribution is 0.0383. The average Bonchev–Trinajstić information content (AvgIpc) is 2.96. The molecular weight excluding hydrogens is 268 g/mol. The third-order valence-electron chi connectivity index (χ3n) is 3.43. The van der Waals surface area contributed by atoms with Crippen molar-refractivity contribution in [2.45, 2.75) is 13.5 Å². The van der Waals surface area contributed by atoms with Crippen LogP contribution in [0, 0.1) is 5.41 Å². The van der Waals surface area contributed by atoms with Crippen LogP contribution in [0.4, 0.5) is 0 Å². The summed E-state index contributed by atoms with van der Waals surface area (Å²) in [6.07, 6.45) is 1.72. The summed E-state index contributed by atoms with van der Waals surface area (Å²) in [5.41, 5.74) is 0.471. The van der Waals surface area contributed by atoms with E-state index < -0.39 is 5.41 Å². The smallest absolute Gasteiger partial charge is 0.209 e. The van der Waals surface area contributed by atoms with Crippen molar-refractivity contribution in [3.05, 3.63) is 42.4 Å². The number of hydrogen-bond donors (Lipinski definition) is 2. The number of rotatable bonds is 7. The largest absolute Gasteiger partial charge is 0.439 e. The molecule has 5 heteroatoms. The molecule has 1 aromatic carbocycles. The van der Waals surface area contributed by atoms with Gasteiger partial charge in [-0.25, -0.2) is 4.98 Å². The Labute approximate surface area is 124 Å². The Morgan fingerprint density at radius 2 is 1.86 bits per heavy atom. The average molecular weight is 290 g/mol. The predicted octanol–water partition coefficient (Wildman–Crippen LogP) is 1.76. The summed E-state index contributed by atoms with van der Waals surface area (Å²) in [6.45, 7) is 2.81. The van der Waals surface area contributed by atoms with Crippen molar-refractivity contribution in [2.24, 2.45) is 5.41 Å². The molecule has 21 heavy (non-hydrogen) atoms. The molecule has 0 saturated heterocycles. The predicted molar refractivity (Wildman–Crippen MR) is 80.6 cm³/mol. The highest BCUT2D eigenvalue weighted by molar-refractivity contribution is 5.55. The SMILES string of the molecule is CN(Cc1ncc(-c2ccccc2)o1)CC(C)(CO)CO. The van der Waals surface area contributed by atoms with Crippen molar-refractivity contribution in [1.82, 2.24) is 9.88 Å². The summed E-state index contributed by atoms with van der Waals surface area (Å²) < 4.78 is 5.74. The van der Waals surface area contributed by atoms with Crippen molar-refractivity contribution in [1.29, 1.82) is 0 Å². The van der Waals surface area contributed by atoms with Crippen LogP contribution in [0.1, 0.15) is 12.8 Å². The molecule has 0 aliphatic rings. The Balaban J connectivity index is 1.99. The maximum Gasteiger partial charge on any atom is 0.209 e. The van der Waals surface area contributed by atoms with Crippen LogP contribution in [0.5, 0.6) is 0 Å². The summed E-state index contributed by atoms with van der Waals surface area (Å²) in [5, 5.41) is 18.7. The van der Waals surface area contributed by atoms with Gasteiger partial charge in [-0.3, -0.25) is 4.90 Å². The van der Waals surface area contributed by atoms with Gasteiger partial charge in [0, 0.05) is 17.5 Å². The maximum absolute atomic E-state index is 9.33. The van der Waals surface area contributed by atoms with Crippen molar-refractivity contribution >= 4 is 0 Å². The zero-order valence-electron chi connectivity index (χ0n) is 12.5. The van der Waals surface area contributed by atoms with E-state index in [2.05, 4.69) is 4.98 Å². The highest BCUT2D eigenvalue weighted by Crippen LogP contribution is 2.21. The summed E-state index contributed by atoms with van der Waals surface area (Å²) in [5.74, 6) is 1.36. The van der Waals surface area contributed by atoms with E-state index >= 15 is 0 Å². The lowest BCUT2D eigenvalue weighted by atomic mass is 9.92. The van der Waals surface area contributed by atoms with E-state index in [-0.39, 0.29) is 13.2 Å². The molecule has 0 spiro atoms. The van der Waals surface area contributed by atoms with Gasteiger partial charge in [0.15, 0.2) is 5.76 Å². The molecule has 1 aromatic heterocycles. The van der Waals surface area contributed by atoms with Crippen LogP contribution in [0.25, 0.3) is 11.3 Å². The molecule has 114 valence electrons. The fourth-order valence-corrected chi connectivity index (χ4v) is 2.21. The fourth-order valence-electron chi connectivity index (χ4n) is 2.21. The van der Waals surface area contributed by atoms with Crippen molar-refractivity contribution < 1.29 is 14.6 Å². The Bertz CT molecular complexity index is 550. The number of aromatic nitrogens is 1. The van der Waals surface area contributed by atoms with E-state index in [0.717, 1.165) is 11.3 Å². The van der Waals surface area contributed by atoms with Crippen molar-refractivity contribution in [3.8, 4) is 11.3 Å². The van der Waals surface area contributed by atoms with Gasteiger partial charge < -0.3 is 14.6 Å². The quantitative estimate of drug-likeness (QED) is 0.813. The molecule has 5 nitrogen and oxygen atoms in total. The fraction of sp³-hybridized carbons (Fsp3) is 0.438. The number of aliphatic hydroxyl groups excluding tert-OH is 2. The maximum atomic E-state index is 9.33. The normalized spacial score (nSPS) is 12.0. The Morgan fingerprint density at radius 3 is 2.48 bits per heavy atom. The lowest BCUT2D eigenvalue weighted by Gasteiger charge is -2.29. The first kappa shape index (κ1) is 15.7. The first-order chi connectivity index (χ1) is 10.1. The number of benzene rings is 1. The highest BCUT2D eigenvalue weighted by Gasteiger charge is 2.24. The van der Waals surface area contributed by atoms with Gasteiger partial charge in [-0.1, -0.05) is 37.3 Å². The molecule has 2 aromatic rings. The molecule has 0 amide bonds. The zero-order chi connectivity index (χ0) is 15.3. The lowest BCUT2D eigenvalue weighted by Crippen LogP contribution is -2.38. The molecule has 0 aliphatic heterocycles. The van der Waals surface area contributed by atoms with Crippen molar-refractivity contribution in [2.75, 3.05) is 26.8 Å². The molecule has 0 bridgehead atoms. The van der Waals surface area contributed by atoms with Crippen LogP contribution >= 0.6 is 0 Å². The van der Waals surface area contributed by atoms with Gasteiger partial charge >= 0.3 is 0 Å². The van der Waals surface area contributed by atoms with Gasteiger partial charge in [-0.2, -0.15) is 0 Å². The van der Waals surface area contributed by atoms with E-state index in [1.807, 2.05) is 49.2 Å². The Hall–Kier alpha value is -1.69. The Morgan fingerprint density at radius 1 is 1.19 bits per heavy atom. The van der Waals surface area contributed by atoms with Crippen molar-refractivity contribution in [3.63, 3.8) is 0 Å². The third-order valence-corrected chi connectivity index (χ3v) is 3.43. The molecule has 0 aliphatic carbocycles. The minimum absolute atomic E-state index is 0.0608. The number of nitrogens with zero attached hydrogens (tertiary/aromatic N) is 2. The standard InChI is InChI=1S/C16H22N2O3/c1-16(11-19,12-20)10-18(2)9-15-17-8-14(21-15)13-6-4-3-5-7-13/h3-8,19-20H,9-12H2,1-2H3. The minimum atomic E-state index is -0.524. The molecule has 0 fully saturated rings. The highest BCUT2D eigenvalue weighted by atomic mass is 16.4. The van der Waals surface area contributed by atoms with Crippen LogP contribution < -0.4 is 0 Å². The van der Waals surface area contributed by atoms with Gasteiger partial charge in [0.25, 0.3) is 0 Å². The molecule has 0 unspecified atom stereocenters. The van der Waals surface area contributed by atoms with Gasteiger partial charge in [-0.05, 0) is 7.05 Å². The molecule has 2 N–H and O–H groups in total. The molecule has 0 saturated carbocycles. The van der Waals surface area contributed by atoms with E-state index in [1.54, 1.807) is 6.20 Å². The molecule has 1 heterocycles. The van der Waals surface area contributed by atoms with E-state index in [1.165, 1.54) is 0 Å². The number of oxazole rings is 1. The summed E-state index contributed by atoms with van der Waals surface area (Å²) in [7, 11) is 1.91. The minimum Gasteiger partial charge on any atom is -0.439 e. The molecule has 0 radical (unpaired) electrons. The second-order valence-electron chi connectivity index (χ2n) is 5.78. The number of aliphatic hydroxyl groups is 2. The monoisotopic (exact) mass is 290 g/mol. The molecule has 0 atom stereocenters. The van der Waals surface area contributed by atoms with Crippen LogP contribution in [-0.4, -0.2) is 46.9 Å². The molecular formula is C16H22N2O3. The second-order valence-corrected chi connectivity index (χ2v) is 5.78.